The molecule has 6 heterocycles. The molecule has 1 amide bonds. The maximum absolute atomic E-state index is 13.6. The van der Waals surface area contributed by atoms with Gasteiger partial charge in [-0.2, -0.15) is 10.2 Å². The van der Waals surface area contributed by atoms with Crippen molar-refractivity contribution in [2.45, 2.75) is 39.3 Å². The Kier molecular flexibility index (Phi) is 7.03. The van der Waals surface area contributed by atoms with Gasteiger partial charge in [0.15, 0.2) is 12.1 Å². The summed E-state index contributed by atoms with van der Waals surface area (Å²) in [5.41, 5.74) is 5.45. The molecule has 0 bridgehead atoms. The van der Waals surface area contributed by atoms with Gasteiger partial charge in [0.25, 0.3) is 11.7 Å². The van der Waals surface area contributed by atoms with E-state index in [4.69, 9.17) is 14.2 Å². The van der Waals surface area contributed by atoms with E-state index in [1.54, 1.807) is 18.2 Å². The maximum Gasteiger partial charge on any atom is 0.295 e. The number of H-pyrrole nitrogens is 2. The fraction of sp³-hybridized carbons (Fsp3) is 0.290. The van der Waals surface area contributed by atoms with E-state index in [0.717, 1.165) is 28.1 Å². The number of hydrogen-bond donors (Lipinski definition) is 2. The van der Waals surface area contributed by atoms with Crippen LogP contribution >= 0.6 is 0 Å². The number of hydrogen-bond acceptors (Lipinski definition) is 9. The molecule has 5 aromatic rings. The summed E-state index contributed by atoms with van der Waals surface area (Å²) >= 11 is 0. The van der Waals surface area contributed by atoms with Gasteiger partial charge < -0.3 is 24.1 Å². The van der Waals surface area contributed by atoms with Crippen LogP contribution in [0.25, 0.3) is 22.3 Å². The van der Waals surface area contributed by atoms with Crippen molar-refractivity contribution in [3.8, 4) is 11.6 Å². The number of piperidine rings is 1. The van der Waals surface area contributed by atoms with Gasteiger partial charge in [-0.3, -0.25) is 14.7 Å². The summed E-state index contributed by atoms with van der Waals surface area (Å²) < 4.78 is 18.3. The van der Waals surface area contributed by atoms with Gasteiger partial charge in [-0.15, -0.1) is 0 Å². The zero-order valence-electron chi connectivity index (χ0n) is 24.4. The van der Waals surface area contributed by atoms with Crippen molar-refractivity contribution in [1.29, 1.82) is 0 Å². The second kappa shape index (κ2) is 11.2. The van der Waals surface area contributed by atoms with Crippen LogP contribution in [-0.4, -0.2) is 78.0 Å². The molecule has 7 rings (SSSR count). The van der Waals surface area contributed by atoms with Crippen molar-refractivity contribution in [2.24, 2.45) is 0 Å². The highest BCUT2D eigenvalue weighted by Gasteiger charge is 2.33. The van der Waals surface area contributed by atoms with E-state index in [9.17, 15) is 9.59 Å². The van der Waals surface area contributed by atoms with Crippen molar-refractivity contribution >= 4 is 28.2 Å². The lowest BCUT2D eigenvalue weighted by Crippen LogP contribution is -2.40. The third-order valence-electron chi connectivity index (χ3n) is 7.94. The number of aryl methyl sites for hydroxylation is 1. The fourth-order valence-corrected chi connectivity index (χ4v) is 5.78. The number of carbonyl (C=O) groups is 2. The Hall–Kier alpha value is -5.14. The summed E-state index contributed by atoms with van der Waals surface area (Å²) in [6.07, 6.45) is 5.05. The van der Waals surface area contributed by atoms with Crippen molar-refractivity contribution in [3.63, 3.8) is 0 Å². The molecule has 0 radical (unpaired) electrons. The monoisotopic (exact) mass is 594 g/mol. The Morgan fingerprint density at radius 3 is 2.55 bits per heavy atom. The smallest absolute Gasteiger partial charge is 0.295 e. The number of nitrogens with zero attached hydrogens (tertiary/aromatic N) is 6. The predicted octanol–water partition coefficient (Wildman–Crippen LogP) is 3.88. The number of carbonyl (C=O) groups excluding carboxylic acids is 2. The quantitative estimate of drug-likeness (QED) is 0.211. The third-order valence-corrected chi connectivity index (χ3v) is 7.94. The summed E-state index contributed by atoms with van der Waals surface area (Å²) in [6, 6.07) is 12.0. The van der Waals surface area contributed by atoms with Crippen LogP contribution in [0.3, 0.4) is 0 Å². The van der Waals surface area contributed by atoms with Crippen molar-refractivity contribution in [3.05, 3.63) is 89.0 Å². The minimum atomic E-state index is -0.621. The van der Waals surface area contributed by atoms with Gasteiger partial charge in [0.2, 0.25) is 6.29 Å². The van der Waals surface area contributed by atoms with Crippen molar-refractivity contribution in [1.82, 2.24) is 39.8 Å². The number of aromatic amines is 2. The second-order valence-electron chi connectivity index (χ2n) is 10.7. The van der Waals surface area contributed by atoms with E-state index < -0.39 is 18.0 Å². The summed E-state index contributed by atoms with van der Waals surface area (Å²) in [4.78, 5) is 40.5. The van der Waals surface area contributed by atoms with E-state index in [1.807, 2.05) is 43.3 Å². The summed E-state index contributed by atoms with van der Waals surface area (Å²) in [5.74, 6) is 0.203. The lowest BCUT2D eigenvalue weighted by molar-refractivity contribution is -0.383. The molecule has 13 nitrogen and oxygen atoms in total. The number of methoxy groups -OCH3 is 1. The van der Waals surface area contributed by atoms with Gasteiger partial charge in [-0.05, 0) is 38.3 Å². The fourth-order valence-electron chi connectivity index (χ4n) is 5.78. The highest BCUT2D eigenvalue weighted by atomic mass is 16.9. The number of rotatable bonds is 7. The van der Waals surface area contributed by atoms with E-state index in [0.29, 0.717) is 54.2 Å². The highest BCUT2D eigenvalue weighted by molar-refractivity contribution is 6.45. The average molecular weight is 595 g/mol. The summed E-state index contributed by atoms with van der Waals surface area (Å²) in [7, 11) is 1.50. The first-order chi connectivity index (χ1) is 21.4. The molecule has 1 aromatic carbocycles. The molecule has 2 N–H and O–H groups in total. The number of benzene rings is 1. The minimum Gasteiger partial charge on any atom is -0.494 e. The zero-order chi connectivity index (χ0) is 30.4. The highest BCUT2D eigenvalue weighted by Crippen LogP contribution is 2.36. The molecule has 0 unspecified atom stereocenters. The molecule has 0 aliphatic carbocycles. The van der Waals surface area contributed by atoms with Gasteiger partial charge in [0, 0.05) is 24.9 Å². The first-order valence-corrected chi connectivity index (χ1v) is 14.3. The minimum absolute atomic E-state index is 0.215. The van der Waals surface area contributed by atoms with Crippen LogP contribution in [0.15, 0.2) is 60.7 Å². The standard InChI is InChI=1S/C31H30N8O5/c1-17-34-16-39(37-17)29-27-26(24(42-3)15-33-29)21(14-32-27)28(40)30(41)38-11-9-20(10-12-38)25(19-7-5-4-6-8-19)22-13-23(36-35-22)31-43-18(2)44-31/h4-8,13-16,18,31-32H,9-12H2,1-3H3,(H,35,36). The van der Waals surface area contributed by atoms with Crippen LogP contribution in [0.1, 0.15) is 59.2 Å². The number of ketones is 1. The van der Waals surface area contributed by atoms with Crippen LogP contribution in [0.5, 0.6) is 5.75 Å². The van der Waals surface area contributed by atoms with E-state index >= 15 is 0 Å². The molecule has 44 heavy (non-hydrogen) atoms. The molecule has 4 aromatic heterocycles. The molecule has 2 saturated heterocycles. The number of aromatic nitrogens is 7. The Morgan fingerprint density at radius 2 is 1.86 bits per heavy atom. The normalized spacial score (nSPS) is 18.3. The van der Waals surface area contributed by atoms with Crippen LogP contribution in [0.2, 0.25) is 0 Å². The van der Waals surface area contributed by atoms with Gasteiger partial charge >= 0.3 is 0 Å². The molecule has 0 atom stereocenters. The van der Waals surface area contributed by atoms with E-state index in [2.05, 4.69) is 30.2 Å². The Morgan fingerprint density at radius 1 is 1.09 bits per heavy atom. The Labute approximate surface area is 251 Å². The van der Waals surface area contributed by atoms with Crippen LogP contribution in [0, 0.1) is 6.92 Å². The Bertz CT molecular complexity index is 1890. The van der Waals surface area contributed by atoms with Crippen molar-refractivity contribution in [2.75, 3.05) is 20.2 Å². The molecule has 0 spiro atoms. The Balaban J connectivity index is 1.15. The molecule has 224 valence electrons. The van der Waals surface area contributed by atoms with Gasteiger partial charge in [-0.1, -0.05) is 35.9 Å². The van der Waals surface area contributed by atoms with E-state index in [1.165, 1.54) is 24.2 Å². The first kappa shape index (κ1) is 27.7. The number of nitrogens with one attached hydrogen (secondary N) is 2. The molecule has 2 aliphatic rings. The molecule has 13 heteroatoms. The predicted molar refractivity (Wildman–Crippen MR) is 158 cm³/mol. The summed E-state index contributed by atoms with van der Waals surface area (Å²) in [5, 5.41) is 12.4. The number of likely N-dealkylation sites (tertiary alicyclic amines) is 1. The van der Waals surface area contributed by atoms with Crippen LogP contribution in [0.4, 0.5) is 0 Å². The SMILES string of the molecule is COc1cnc(-n2cnc(C)n2)c2[nH]cc(C(=O)C(=O)N3CCC(=C(c4ccccc4)c4cc(C5OC(C)O5)[nH]n4)CC3)c12. The molecule has 0 saturated carbocycles. The number of pyridine rings is 1. The molecular weight excluding hydrogens is 564 g/mol. The van der Waals surface area contributed by atoms with Crippen LogP contribution in [-0.2, 0) is 14.3 Å². The van der Waals surface area contributed by atoms with E-state index in [-0.39, 0.29) is 11.9 Å². The largest absolute Gasteiger partial charge is 0.494 e. The van der Waals surface area contributed by atoms with Gasteiger partial charge in [-0.25, -0.2) is 14.6 Å². The third kappa shape index (κ3) is 4.85. The molecule has 2 fully saturated rings. The second-order valence-corrected chi connectivity index (χ2v) is 10.7. The average Bonchev–Trinajstić information content (AvgIpc) is 3.80. The summed E-state index contributed by atoms with van der Waals surface area (Å²) in [6.45, 7) is 4.40. The lowest BCUT2D eigenvalue weighted by Gasteiger charge is -2.32. The maximum atomic E-state index is 13.6. The van der Waals surface area contributed by atoms with Crippen LogP contribution < -0.4 is 4.74 Å². The zero-order valence-corrected chi connectivity index (χ0v) is 24.4. The molecular formula is C31H30N8O5. The molecule has 2 aliphatic heterocycles. The number of amides is 1. The number of Topliss-reactive ketones (excluding diaryl/α,β-unsaturated/α-hetero) is 1. The van der Waals surface area contributed by atoms with Gasteiger partial charge in [0.05, 0.1) is 41.2 Å². The first-order valence-electron chi connectivity index (χ1n) is 14.3. The van der Waals surface area contributed by atoms with Crippen molar-refractivity contribution < 1.29 is 23.8 Å². The number of fused-ring (bicyclic) bond motifs is 1. The topological polar surface area (TPSA) is 153 Å². The lowest BCUT2D eigenvalue weighted by atomic mass is 9.90. The van der Waals surface area contributed by atoms with Gasteiger partial charge in [0.1, 0.15) is 17.9 Å². The number of ether oxygens (including phenoxy) is 3.